The van der Waals surface area contributed by atoms with Gasteiger partial charge in [0, 0.05) is 11.7 Å². The lowest BCUT2D eigenvalue weighted by molar-refractivity contribution is 0.0526. The van der Waals surface area contributed by atoms with E-state index in [2.05, 4.69) is 34.4 Å². The van der Waals surface area contributed by atoms with Crippen LogP contribution >= 0.6 is 0 Å². The van der Waals surface area contributed by atoms with Gasteiger partial charge >= 0.3 is 5.97 Å². The number of hydrogen-bond donors (Lipinski definition) is 3. The van der Waals surface area contributed by atoms with E-state index < -0.39 is 0 Å². The van der Waals surface area contributed by atoms with Gasteiger partial charge in [-0.1, -0.05) is 13.0 Å². The molecular formula is C17H23N5O2. The van der Waals surface area contributed by atoms with E-state index in [1.807, 2.05) is 6.07 Å². The average molecular weight is 329 g/mol. The van der Waals surface area contributed by atoms with Crippen molar-refractivity contribution >= 4 is 29.0 Å². The second kappa shape index (κ2) is 8.14. The third-order valence-corrected chi connectivity index (χ3v) is 3.52. The highest BCUT2D eigenvalue weighted by Gasteiger charge is 2.11. The van der Waals surface area contributed by atoms with Gasteiger partial charge in [-0.2, -0.15) is 0 Å². The molecule has 24 heavy (non-hydrogen) atoms. The van der Waals surface area contributed by atoms with Gasteiger partial charge in [0.2, 0.25) is 0 Å². The van der Waals surface area contributed by atoms with Gasteiger partial charge in [-0.25, -0.2) is 14.8 Å². The highest BCUT2D eigenvalue weighted by atomic mass is 16.5. The Labute approximate surface area is 141 Å². The summed E-state index contributed by atoms with van der Waals surface area (Å²) in [6, 6.07) is 7.24. The minimum absolute atomic E-state index is 0.252. The first-order chi connectivity index (χ1) is 11.5. The number of hydrogen-bond acceptors (Lipinski definition) is 7. The molecule has 1 atom stereocenters. The Morgan fingerprint density at radius 3 is 2.75 bits per heavy atom. The minimum Gasteiger partial charge on any atom is -0.462 e. The van der Waals surface area contributed by atoms with Gasteiger partial charge in [0.25, 0.3) is 0 Å². The molecule has 0 aliphatic carbocycles. The van der Waals surface area contributed by atoms with E-state index in [9.17, 15) is 4.79 Å². The molecule has 2 aromatic rings. The van der Waals surface area contributed by atoms with Crippen molar-refractivity contribution in [2.45, 2.75) is 33.2 Å². The average Bonchev–Trinajstić information content (AvgIpc) is 2.59. The zero-order valence-corrected chi connectivity index (χ0v) is 14.2. The van der Waals surface area contributed by atoms with Gasteiger partial charge in [0.15, 0.2) is 11.6 Å². The molecule has 0 amide bonds. The van der Waals surface area contributed by atoms with Crippen molar-refractivity contribution < 1.29 is 9.53 Å². The molecule has 1 unspecified atom stereocenters. The Morgan fingerprint density at radius 1 is 1.29 bits per heavy atom. The minimum atomic E-state index is -0.365. The molecule has 0 bridgehead atoms. The van der Waals surface area contributed by atoms with Crippen LogP contribution in [0.3, 0.4) is 0 Å². The number of ether oxygens (including phenoxy) is 1. The predicted molar refractivity (Wildman–Crippen MR) is 95.5 cm³/mol. The second-order valence-electron chi connectivity index (χ2n) is 5.36. The van der Waals surface area contributed by atoms with E-state index in [0.29, 0.717) is 35.2 Å². The number of rotatable bonds is 7. The van der Waals surface area contributed by atoms with E-state index in [1.54, 1.807) is 25.1 Å². The summed E-state index contributed by atoms with van der Waals surface area (Å²) in [6.07, 6.45) is 2.40. The highest BCUT2D eigenvalue weighted by Crippen LogP contribution is 2.26. The van der Waals surface area contributed by atoms with E-state index in [1.165, 1.54) is 6.33 Å². The van der Waals surface area contributed by atoms with E-state index in [-0.39, 0.29) is 12.0 Å². The van der Waals surface area contributed by atoms with Crippen molar-refractivity contribution in [2.24, 2.45) is 0 Å². The molecule has 128 valence electrons. The number of nitrogen functional groups attached to an aromatic ring is 1. The van der Waals surface area contributed by atoms with Crippen LogP contribution in [0.4, 0.5) is 23.0 Å². The molecule has 4 N–H and O–H groups in total. The number of anilines is 4. The van der Waals surface area contributed by atoms with Crippen LogP contribution < -0.4 is 16.4 Å². The molecular weight excluding hydrogens is 306 g/mol. The van der Waals surface area contributed by atoms with Crippen LogP contribution in [0, 0.1) is 0 Å². The quantitative estimate of drug-likeness (QED) is 0.670. The summed E-state index contributed by atoms with van der Waals surface area (Å²) in [5, 5.41) is 6.36. The van der Waals surface area contributed by atoms with Crippen molar-refractivity contribution in [2.75, 3.05) is 23.0 Å². The summed E-state index contributed by atoms with van der Waals surface area (Å²) in [7, 11) is 0. The molecule has 0 radical (unpaired) electrons. The van der Waals surface area contributed by atoms with Gasteiger partial charge < -0.3 is 21.1 Å². The first-order valence-electron chi connectivity index (χ1n) is 7.96. The molecule has 0 aliphatic rings. The number of aromatic nitrogens is 2. The van der Waals surface area contributed by atoms with Crippen LogP contribution in [0.15, 0.2) is 30.6 Å². The van der Waals surface area contributed by atoms with Crippen molar-refractivity contribution in [3.63, 3.8) is 0 Å². The lowest BCUT2D eigenvalue weighted by Gasteiger charge is -2.16. The normalized spacial score (nSPS) is 11.6. The van der Waals surface area contributed by atoms with Gasteiger partial charge in [-0.3, -0.25) is 0 Å². The topological polar surface area (TPSA) is 102 Å². The van der Waals surface area contributed by atoms with Crippen molar-refractivity contribution in [1.82, 2.24) is 9.97 Å². The first kappa shape index (κ1) is 17.5. The molecule has 7 heteroatoms. The molecule has 1 aromatic carbocycles. The number of nitrogens with two attached hydrogens (primary N) is 1. The fourth-order valence-electron chi connectivity index (χ4n) is 2.02. The van der Waals surface area contributed by atoms with Crippen LogP contribution in [-0.4, -0.2) is 28.6 Å². The summed E-state index contributed by atoms with van der Waals surface area (Å²) in [6.45, 7) is 6.24. The maximum Gasteiger partial charge on any atom is 0.338 e. The molecule has 0 spiro atoms. The molecule has 0 fully saturated rings. The van der Waals surface area contributed by atoms with E-state index in [0.717, 1.165) is 6.42 Å². The summed E-state index contributed by atoms with van der Waals surface area (Å²) in [5.41, 5.74) is 7.73. The molecule has 0 saturated heterocycles. The van der Waals surface area contributed by atoms with Crippen LogP contribution in [0.2, 0.25) is 0 Å². The summed E-state index contributed by atoms with van der Waals surface area (Å²) in [4.78, 5) is 20.2. The first-order valence-corrected chi connectivity index (χ1v) is 7.96. The lowest BCUT2D eigenvalue weighted by Crippen LogP contribution is -2.16. The Bertz CT molecular complexity index is 705. The highest BCUT2D eigenvalue weighted by molar-refractivity contribution is 5.91. The third kappa shape index (κ3) is 4.34. The SMILES string of the molecule is CCOC(=O)c1cccc(Nc2ncnc(NC(C)CC)c2N)c1. The summed E-state index contributed by atoms with van der Waals surface area (Å²) >= 11 is 0. The number of nitrogens with one attached hydrogen (secondary N) is 2. The fourth-order valence-corrected chi connectivity index (χ4v) is 2.02. The maximum atomic E-state index is 11.8. The molecule has 1 aromatic heterocycles. The number of esters is 1. The number of carbonyl (C=O) groups is 1. The third-order valence-electron chi connectivity index (χ3n) is 3.52. The van der Waals surface area contributed by atoms with E-state index >= 15 is 0 Å². The van der Waals surface area contributed by atoms with Crippen LogP contribution in [0.25, 0.3) is 0 Å². The fraction of sp³-hybridized carbons (Fsp3) is 0.353. The second-order valence-corrected chi connectivity index (χ2v) is 5.36. The van der Waals surface area contributed by atoms with Crippen molar-refractivity contribution in [3.05, 3.63) is 36.2 Å². The lowest BCUT2D eigenvalue weighted by atomic mass is 10.2. The van der Waals surface area contributed by atoms with Crippen molar-refractivity contribution in [1.29, 1.82) is 0 Å². The monoisotopic (exact) mass is 329 g/mol. The van der Waals surface area contributed by atoms with Crippen LogP contribution in [0.1, 0.15) is 37.6 Å². The zero-order valence-electron chi connectivity index (χ0n) is 14.2. The Kier molecular flexibility index (Phi) is 5.95. The molecule has 2 rings (SSSR count). The Balaban J connectivity index is 2.21. The summed E-state index contributed by atoms with van der Waals surface area (Å²) < 4.78 is 5.01. The largest absolute Gasteiger partial charge is 0.462 e. The molecule has 0 saturated carbocycles. The predicted octanol–water partition coefficient (Wildman–Crippen LogP) is 3.19. The molecule has 1 heterocycles. The number of carbonyl (C=O) groups excluding carboxylic acids is 1. The van der Waals surface area contributed by atoms with Gasteiger partial charge in [0.1, 0.15) is 12.0 Å². The zero-order chi connectivity index (χ0) is 17.5. The number of benzene rings is 1. The van der Waals surface area contributed by atoms with Gasteiger partial charge in [0.05, 0.1) is 12.2 Å². The van der Waals surface area contributed by atoms with Gasteiger partial charge in [-0.05, 0) is 38.5 Å². The Hall–Kier alpha value is -2.83. The number of nitrogens with zero attached hydrogens (tertiary/aromatic N) is 2. The molecule has 0 aliphatic heterocycles. The van der Waals surface area contributed by atoms with E-state index in [4.69, 9.17) is 10.5 Å². The summed E-state index contributed by atoms with van der Waals surface area (Å²) in [5.74, 6) is 0.705. The standard InChI is InChI=1S/C17H23N5O2/c1-4-11(3)21-15-14(18)16(20-10-19-15)22-13-8-6-7-12(9-13)17(23)24-5-2/h6-11H,4-5,18H2,1-3H3,(H2,19,20,21,22). The van der Waals surface area contributed by atoms with Crippen LogP contribution in [0.5, 0.6) is 0 Å². The van der Waals surface area contributed by atoms with Gasteiger partial charge in [-0.15, -0.1) is 0 Å². The Morgan fingerprint density at radius 2 is 2.04 bits per heavy atom. The maximum absolute atomic E-state index is 11.8. The van der Waals surface area contributed by atoms with Crippen molar-refractivity contribution in [3.8, 4) is 0 Å². The smallest absolute Gasteiger partial charge is 0.338 e. The molecule has 7 nitrogen and oxygen atoms in total. The van der Waals surface area contributed by atoms with Crippen LogP contribution in [-0.2, 0) is 4.74 Å².